The molecule has 0 saturated carbocycles. The van der Waals surface area contributed by atoms with Gasteiger partial charge in [-0.2, -0.15) is 5.10 Å². The van der Waals surface area contributed by atoms with Crippen LogP contribution in [0.3, 0.4) is 0 Å². The van der Waals surface area contributed by atoms with E-state index in [1.807, 2.05) is 37.7 Å². The standard InChI is InChI=1S/C13H18N4OS.ClH/c1-9(11-5-4-6-19-11)16-13(18)12(14-2)10-7-15-17(3)8-10;/h4-9,12,14H,1-3H3,(H,16,18);1H. The Balaban J connectivity index is 0.00000200. The molecule has 0 aromatic carbocycles. The molecule has 2 heterocycles. The van der Waals surface area contributed by atoms with Crippen LogP contribution in [0.1, 0.15) is 29.4 Å². The lowest BCUT2D eigenvalue weighted by Crippen LogP contribution is -2.37. The zero-order valence-corrected chi connectivity index (χ0v) is 13.3. The largest absolute Gasteiger partial charge is 0.347 e. The molecule has 5 nitrogen and oxygen atoms in total. The number of amides is 1. The molecule has 2 aromatic heterocycles. The first-order valence-electron chi connectivity index (χ1n) is 6.11. The summed E-state index contributed by atoms with van der Waals surface area (Å²) >= 11 is 1.64. The number of nitrogens with one attached hydrogen (secondary N) is 2. The molecule has 0 aliphatic carbocycles. The second-order valence-electron chi connectivity index (χ2n) is 4.41. The fourth-order valence-electron chi connectivity index (χ4n) is 1.94. The van der Waals surface area contributed by atoms with Gasteiger partial charge < -0.3 is 10.6 Å². The Labute approximate surface area is 128 Å². The highest BCUT2D eigenvalue weighted by Gasteiger charge is 2.22. The van der Waals surface area contributed by atoms with Crippen molar-refractivity contribution in [2.45, 2.75) is 19.0 Å². The molecule has 0 fully saturated rings. The summed E-state index contributed by atoms with van der Waals surface area (Å²) in [4.78, 5) is 13.4. The number of carbonyl (C=O) groups excluding carboxylic acids is 1. The van der Waals surface area contributed by atoms with Crippen molar-refractivity contribution in [3.63, 3.8) is 0 Å². The highest BCUT2D eigenvalue weighted by molar-refractivity contribution is 7.10. The number of hydrogen-bond acceptors (Lipinski definition) is 4. The van der Waals surface area contributed by atoms with Gasteiger partial charge in [0.1, 0.15) is 6.04 Å². The van der Waals surface area contributed by atoms with E-state index in [-0.39, 0.29) is 30.4 Å². The van der Waals surface area contributed by atoms with Crippen molar-refractivity contribution < 1.29 is 4.79 Å². The van der Waals surface area contributed by atoms with Gasteiger partial charge in [-0.15, -0.1) is 23.7 Å². The minimum Gasteiger partial charge on any atom is -0.347 e. The lowest BCUT2D eigenvalue weighted by molar-refractivity contribution is -0.123. The summed E-state index contributed by atoms with van der Waals surface area (Å²) in [5.41, 5.74) is 0.862. The minimum absolute atomic E-state index is 0. The van der Waals surface area contributed by atoms with E-state index >= 15 is 0 Å². The molecule has 2 rings (SSSR count). The van der Waals surface area contributed by atoms with Crippen LogP contribution in [0.25, 0.3) is 0 Å². The Bertz CT molecular complexity index is 540. The van der Waals surface area contributed by atoms with Crippen LogP contribution in [-0.4, -0.2) is 22.7 Å². The third-order valence-electron chi connectivity index (χ3n) is 2.94. The first-order valence-corrected chi connectivity index (χ1v) is 6.99. The fraction of sp³-hybridized carbons (Fsp3) is 0.385. The molecule has 2 N–H and O–H groups in total. The Morgan fingerprint density at radius 1 is 1.50 bits per heavy atom. The van der Waals surface area contributed by atoms with Gasteiger partial charge in [0.05, 0.1) is 12.2 Å². The summed E-state index contributed by atoms with van der Waals surface area (Å²) < 4.78 is 1.69. The van der Waals surface area contributed by atoms with Gasteiger partial charge in [-0.25, -0.2) is 0 Å². The molecule has 2 aromatic rings. The molecule has 0 saturated heterocycles. The molecule has 2 unspecified atom stereocenters. The van der Waals surface area contributed by atoms with Crippen LogP contribution >= 0.6 is 23.7 Å². The van der Waals surface area contributed by atoms with E-state index in [4.69, 9.17) is 0 Å². The number of hydrogen-bond donors (Lipinski definition) is 2. The van der Waals surface area contributed by atoms with Crippen LogP contribution in [0.2, 0.25) is 0 Å². The molecule has 0 bridgehead atoms. The molecular weight excluding hydrogens is 296 g/mol. The molecule has 1 amide bonds. The highest BCUT2D eigenvalue weighted by atomic mass is 35.5. The maximum Gasteiger partial charge on any atom is 0.242 e. The van der Waals surface area contributed by atoms with E-state index in [1.54, 1.807) is 29.3 Å². The molecule has 7 heteroatoms. The van der Waals surface area contributed by atoms with E-state index < -0.39 is 0 Å². The normalized spacial score (nSPS) is 13.3. The zero-order valence-electron chi connectivity index (χ0n) is 11.7. The summed E-state index contributed by atoms with van der Waals surface area (Å²) in [5, 5.41) is 12.1. The molecular formula is C13H19ClN4OS. The maximum atomic E-state index is 12.3. The highest BCUT2D eigenvalue weighted by Crippen LogP contribution is 2.20. The summed E-state index contributed by atoms with van der Waals surface area (Å²) in [5.74, 6) is -0.0450. The van der Waals surface area contributed by atoms with Crippen molar-refractivity contribution in [1.82, 2.24) is 20.4 Å². The van der Waals surface area contributed by atoms with E-state index in [1.165, 1.54) is 0 Å². The number of likely N-dealkylation sites (N-methyl/N-ethyl adjacent to an activating group) is 1. The molecule has 0 aliphatic rings. The van der Waals surface area contributed by atoms with Crippen LogP contribution < -0.4 is 10.6 Å². The predicted octanol–water partition coefficient (Wildman–Crippen LogP) is 2.04. The summed E-state index contributed by atoms with van der Waals surface area (Å²) in [6.45, 7) is 1.99. The van der Waals surface area contributed by atoms with Crippen LogP contribution in [0.4, 0.5) is 0 Å². The predicted molar refractivity (Wildman–Crippen MR) is 83.1 cm³/mol. The third-order valence-corrected chi connectivity index (χ3v) is 3.99. The van der Waals surface area contributed by atoms with E-state index in [0.29, 0.717) is 0 Å². The van der Waals surface area contributed by atoms with Gasteiger partial charge in [0, 0.05) is 23.7 Å². The smallest absolute Gasteiger partial charge is 0.242 e. The molecule has 0 aliphatic heterocycles. The average molecular weight is 315 g/mol. The SMILES string of the molecule is CNC(C(=O)NC(C)c1cccs1)c1cnn(C)c1.Cl. The molecule has 2 atom stereocenters. The van der Waals surface area contributed by atoms with E-state index in [2.05, 4.69) is 15.7 Å². The van der Waals surface area contributed by atoms with Crippen molar-refractivity contribution >= 4 is 29.7 Å². The molecule has 0 radical (unpaired) electrons. The lowest BCUT2D eigenvalue weighted by atomic mass is 10.1. The monoisotopic (exact) mass is 314 g/mol. The van der Waals surface area contributed by atoms with Crippen molar-refractivity contribution in [2.24, 2.45) is 7.05 Å². The average Bonchev–Trinajstić information content (AvgIpc) is 3.01. The van der Waals surface area contributed by atoms with Gasteiger partial charge in [0.25, 0.3) is 0 Å². The van der Waals surface area contributed by atoms with Crippen molar-refractivity contribution in [3.8, 4) is 0 Å². The Hall–Kier alpha value is -1.37. The first-order chi connectivity index (χ1) is 9.11. The minimum atomic E-state index is -0.379. The zero-order chi connectivity index (χ0) is 13.8. The number of thiophene rings is 1. The van der Waals surface area contributed by atoms with Gasteiger partial charge in [-0.05, 0) is 25.4 Å². The molecule has 0 spiro atoms. The van der Waals surface area contributed by atoms with E-state index in [0.717, 1.165) is 10.4 Å². The van der Waals surface area contributed by atoms with Gasteiger partial charge in [-0.3, -0.25) is 9.48 Å². The van der Waals surface area contributed by atoms with Crippen LogP contribution in [0, 0.1) is 0 Å². The van der Waals surface area contributed by atoms with Gasteiger partial charge in [-0.1, -0.05) is 6.07 Å². The van der Waals surface area contributed by atoms with Gasteiger partial charge >= 0.3 is 0 Å². The van der Waals surface area contributed by atoms with Gasteiger partial charge in [0.15, 0.2) is 0 Å². The van der Waals surface area contributed by atoms with Gasteiger partial charge in [0.2, 0.25) is 5.91 Å². The van der Waals surface area contributed by atoms with Crippen molar-refractivity contribution in [3.05, 3.63) is 40.3 Å². The number of rotatable bonds is 5. The number of carbonyl (C=O) groups is 1. The van der Waals surface area contributed by atoms with Crippen molar-refractivity contribution in [1.29, 1.82) is 0 Å². The Kier molecular flexibility index (Phi) is 6.19. The number of aromatic nitrogens is 2. The number of nitrogens with zero attached hydrogens (tertiary/aromatic N) is 2. The summed E-state index contributed by atoms with van der Waals surface area (Å²) in [7, 11) is 3.61. The van der Waals surface area contributed by atoms with E-state index in [9.17, 15) is 4.79 Å². The second kappa shape index (κ2) is 7.42. The second-order valence-corrected chi connectivity index (χ2v) is 5.39. The lowest BCUT2D eigenvalue weighted by Gasteiger charge is -2.18. The molecule has 110 valence electrons. The Morgan fingerprint density at radius 2 is 2.25 bits per heavy atom. The summed E-state index contributed by atoms with van der Waals surface area (Å²) in [6.07, 6.45) is 3.55. The fourth-order valence-corrected chi connectivity index (χ4v) is 2.68. The Morgan fingerprint density at radius 3 is 2.75 bits per heavy atom. The molecule has 20 heavy (non-hydrogen) atoms. The van der Waals surface area contributed by atoms with Crippen LogP contribution in [-0.2, 0) is 11.8 Å². The number of aryl methyl sites for hydroxylation is 1. The van der Waals surface area contributed by atoms with Crippen LogP contribution in [0.15, 0.2) is 29.9 Å². The quantitative estimate of drug-likeness (QED) is 0.888. The third kappa shape index (κ3) is 3.82. The number of halogens is 1. The summed E-state index contributed by atoms with van der Waals surface area (Å²) in [6, 6.07) is 3.64. The topological polar surface area (TPSA) is 59.0 Å². The van der Waals surface area contributed by atoms with Crippen molar-refractivity contribution in [2.75, 3.05) is 7.05 Å². The maximum absolute atomic E-state index is 12.3. The van der Waals surface area contributed by atoms with Crippen LogP contribution in [0.5, 0.6) is 0 Å². The first kappa shape index (κ1) is 16.7.